The highest BCUT2D eigenvalue weighted by molar-refractivity contribution is 5.77. The van der Waals surface area contributed by atoms with Gasteiger partial charge in [0.05, 0.1) is 12.6 Å². The molecule has 3 rings (SSSR count). The Morgan fingerprint density at radius 3 is 2.89 bits per heavy atom. The first-order chi connectivity index (χ1) is 8.78. The zero-order chi connectivity index (χ0) is 12.5. The summed E-state index contributed by atoms with van der Waals surface area (Å²) in [5.41, 5.74) is 0.704. The maximum Gasteiger partial charge on any atom is 0.317 e. The number of aliphatic hydroxyl groups is 1. The number of rotatable bonds is 2. The topological polar surface area (TPSA) is 81.6 Å². The Kier molecular flexibility index (Phi) is 2.75. The second kappa shape index (κ2) is 4.41. The Hall–Kier alpha value is -1.89. The summed E-state index contributed by atoms with van der Waals surface area (Å²) in [7, 11) is 0. The van der Waals surface area contributed by atoms with Gasteiger partial charge >= 0.3 is 6.03 Å². The largest absolute Gasteiger partial charge is 0.392 e. The molecule has 7 heteroatoms. The summed E-state index contributed by atoms with van der Waals surface area (Å²) >= 11 is 0. The molecule has 2 amide bonds. The summed E-state index contributed by atoms with van der Waals surface area (Å²) in [5.74, 6) is 0.659. The van der Waals surface area contributed by atoms with Crippen molar-refractivity contribution in [1.29, 1.82) is 0 Å². The molecule has 1 aromatic heterocycles. The van der Waals surface area contributed by atoms with Gasteiger partial charge in [-0.25, -0.2) is 14.8 Å². The van der Waals surface area contributed by atoms with Crippen LogP contribution < -0.4 is 10.2 Å². The third-order valence-electron chi connectivity index (χ3n) is 3.39. The summed E-state index contributed by atoms with van der Waals surface area (Å²) in [6.07, 6.45) is 3.26. The van der Waals surface area contributed by atoms with Crippen LogP contribution in [0.4, 0.5) is 10.7 Å². The van der Waals surface area contributed by atoms with Crippen molar-refractivity contribution in [2.24, 2.45) is 0 Å². The van der Waals surface area contributed by atoms with Gasteiger partial charge in [-0.1, -0.05) is 0 Å². The SMILES string of the molecule is O=C1NCC2CN(c3ncc(CO)cn3)CCN12. The average Bonchev–Trinajstić information content (AvgIpc) is 2.80. The number of hydrogen-bond donors (Lipinski definition) is 2. The van der Waals surface area contributed by atoms with Gasteiger partial charge in [0.15, 0.2) is 0 Å². The molecule has 0 bridgehead atoms. The molecule has 2 saturated heterocycles. The van der Waals surface area contributed by atoms with E-state index in [1.807, 2.05) is 4.90 Å². The van der Waals surface area contributed by atoms with Crippen LogP contribution in [0.25, 0.3) is 0 Å². The first-order valence-corrected chi connectivity index (χ1v) is 5.99. The van der Waals surface area contributed by atoms with E-state index >= 15 is 0 Å². The van der Waals surface area contributed by atoms with E-state index in [0.29, 0.717) is 24.6 Å². The van der Waals surface area contributed by atoms with Crippen LogP contribution in [-0.2, 0) is 6.61 Å². The average molecular weight is 249 g/mol. The Balaban J connectivity index is 1.72. The summed E-state index contributed by atoms with van der Waals surface area (Å²) in [6, 6.07) is 0.226. The zero-order valence-electron chi connectivity index (χ0n) is 9.91. The van der Waals surface area contributed by atoms with E-state index in [1.54, 1.807) is 12.4 Å². The number of aliphatic hydroxyl groups excluding tert-OH is 1. The van der Waals surface area contributed by atoms with E-state index < -0.39 is 0 Å². The molecule has 96 valence electrons. The van der Waals surface area contributed by atoms with Crippen molar-refractivity contribution in [1.82, 2.24) is 20.2 Å². The first kappa shape index (κ1) is 11.2. The monoisotopic (exact) mass is 249 g/mol. The first-order valence-electron chi connectivity index (χ1n) is 5.99. The molecule has 2 aliphatic rings. The molecule has 2 fully saturated rings. The minimum Gasteiger partial charge on any atom is -0.392 e. The maximum atomic E-state index is 11.5. The molecular formula is C11H15N5O2. The zero-order valence-corrected chi connectivity index (χ0v) is 9.91. The van der Waals surface area contributed by atoms with Crippen LogP contribution in [0, 0.1) is 0 Å². The maximum absolute atomic E-state index is 11.5. The minimum absolute atomic E-state index is 0.0243. The minimum atomic E-state index is -0.0465. The number of anilines is 1. The molecule has 18 heavy (non-hydrogen) atoms. The molecule has 1 atom stereocenters. The van der Waals surface area contributed by atoms with Crippen molar-refractivity contribution in [3.8, 4) is 0 Å². The molecule has 3 heterocycles. The van der Waals surface area contributed by atoms with Crippen LogP contribution in [0.3, 0.4) is 0 Å². The summed E-state index contributed by atoms with van der Waals surface area (Å²) < 4.78 is 0. The number of nitrogens with zero attached hydrogens (tertiary/aromatic N) is 4. The standard InChI is InChI=1S/C11H15N5O2/c17-7-8-3-12-10(13-4-8)15-1-2-16-9(6-15)5-14-11(16)18/h3-4,9,17H,1-2,5-7H2,(H,14,18). The highest BCUT2D eigenvalue weighted by Crippen LogP contribution is 2.17. The van der Waals surface area contributed by atoms with Crippen LogP contribution in [0.2, 0.25) is 0 Å². The second-order valence-corrected chi connectivity index (χ2v) is 4.53. The lowest BCUT2D eigenvalue weighted by molar-refractivity contribution is 0.197. The number of carbonyl (C=O) groups is 1. The van der Waals surface area contributed by atoms with Crippen molar-refractivity contribution in [2.45, 2.75) is 12.6 Å². The van der Waals surface area contributed by atoms with Gasteiger partial charge in [-0.05, 0) is 0 Å². The summed E-state index contributed by atoms with van der Waals surface area (Å²) in [6.45, 7) is 2.82. The smallest absolute Gasteiger partial charge is 0.317 e. The molecule has 1 unspecified atom stereocenters. The van der Waals surface area contributed by atoms with Crippen LogP contribution >= 0.6 is 0 Å². The molecule has 0 spiro atoms. The number of piperazine rings is 1. The van der Waals surface area contributed by atoms with E-state index in [1.165, 1.54) is 0 Å². The Morgan fingerprint density at radius 1 is 1.39 bits per heavy atom. The predicted molar refractivity (Wildman–Crippen MR) is 64.1 cm³/mol. The molecule has 2 aliphatic heterocycles. The molecule has 0 aliphatic carbocycles. The van der Waals surface area contributed by atoms with Gasteiger partial charge in [0, 0.05) is 44.1 Å². The number of amides is 2. The summed E-state index contributed by atoms with van der Waals surface area (Å²) in [5, 5.41) is 11.8. The van der Waals surface area contributed by atoms with Gasteiger partial charge < -0.3 is 20.2 Å². The van der Waals surface area contributed by atoms with Gasteiger partial charge in [-0.2, -0.15) is 0 Å². The number of fused-ring (bicyclic) bond motifs is 1. The number of urea groups is 1. The van der Waals surface area contributed by atoms with Gasteiger partial charge in [0.2, 0.25) is 5.95 Å². The highest BCUT2D eigenvalue weighted by atomic mass is 16.3. The van der Waals surface area contributed by atoms with E-state index in [9.17, 15) is 4.79 Å². The third-order valence-corrected chi connectivity index (χ3v) is 3.39. The predicted octanol–water partition coefficient (Wildman–Crippen LogP) is -0.817. The van der Waals surface area contributed by atoms with E-state index in [2.05, 4.69) is 20.2 Å². The normalized spacial score (nSPS) is 22.9. The van der Waals surface area contributed by atoms with Gasteiger partial charge in [-0.15, -0.1) is 0 Å². The fraction of sp³-hybridized carbons (Fsp3) is 0.545. The van der Waals surface area contributed by atoms with Crippen molar-refractivity contribution in [3.05, 3.63) is 18.0 Å². The second-order valence-electron chi connectivity index (χ2n) is 4.53. The van der Waals surface area contributed by atoms with Crippen LogP contribution in [0.1, 0.15) is 5.56 Å². The van der Waals surface area contributed by atoms with Gasteiger partial charge in [0.25, 0.3) is 0 Å². The van der Waals surface area contributed by atoms with E-state index in [-0.39, 0.29) is 18.7 Å². The number of nitrogens with one attached hydrogen (secondary N) is 1. The molecule has 0 radical (unpaired) electrons. The lowest BCUT2D eigenvalue weighted by atomic mass is 10.2. The lowest BCUT2D eigenvalue weighted by Gasteiger charge is -2.36. The number of carbonyl (C=O) groups excluding carboxylic acids is 1. The fourth-order valence-electron chi connectivity index (χ4n) is 2.38. The highest BCUT2D eigenvalue weighted by Gasteiger charge is 2.35. The van der Waals surface area contributed by atoms with Crippen molar-refractivity contribution < 1.29 is 9.90 Å². The quantitative estimate of drug-likeness (QED) is 0.716. The van der Waals surface area contributed by atoms with Gasteiger partial charge in [0.1, 0.15) is 0 Å². The molecule has 2 N–H and O–H groups in total. The Morgan fingerprint density at radius 2 is 2.17 bits per heavy atom. The van der Waals surface area contributed by atoms with E-state index in [4.69, 9.17) is 5.11 Å². The van der Waals surface area contributed by atoms with Crippen LogP contribution in [0.15, 0.2) is 12.4 Å². The molecule has 1 aromatic rings. The molecule has 0 aromatic carbocycles. The van der Waals surface area contributed by atoms with Crippen LogP contribution in [-0.4, -0.2) is 58.2 Å². The fourth-order valence-corrected chi connectivity index (χ4v) is 2.38. The molecule has 7 nitrogen and oxygen atoms in total. The number of aromatic nitrogens is 2. The number of hydrogen-bond acceptors (Lipinski definition) is 5. The third kappa shape index (κ3) is 1.86. The Labute approximate surface area is 104 Å². The lowest BCUT2D eigenvalue weighted by Crippen LogP contribution is -2.52. The Bertz CT molecular complexity index is 449. The van der Waals surface area contributed by atoms with Crippen LogP contribution in [0.5, 0.6) is 0 Å². The van der Waals surface area contributed by atoms with Gasteiger partial charge in [-0.3, -0.25) is 0 Å². The molecule has 0 saturated carbocycles. The molecular weight excluding hydrogens is 234 g/mol. The van der Waals surface area contributed by atoms with Crippen molar-refractivity contribution in [3.63, 3.8) is 0 Å². The van der Waals surface area contributed by atoms with Crippen molar-refractivity contribution >= 4 is 12.0 Å². The summed E-state index contributed by atoms with van der Waals surface area (Å²) in [4.78, 5) is 23.9. The van der Waals surface area contributed by atoms with E-state index in [0.717, 1.165) is 13.1 Å². The van der Waals surface area contributed by atoms with Crippen molar-refractivity contribution in [2.75, 3.05) is 31.1 Å².